The molecular formula is C31H39N5O7. The minimum Gasteiger partial charge on any atom is -0.510 e. The highest BCUT2D eigenvalue weighted by Crippen LogP contribution is 2.53. The van der Waals surface area contributed by atoms with E-state index in [2.05, 4.69) is 4.98 Å². The molecule has 0 spiro atoms. The van der Waals surface area contributed by atoms with Crippen molar-refractivity contribution in [3.05, 3.63) is 63.6 Å². The van der Waals surface area contributed by atoms with Crippen LogP contribution in [0.15, 0.2) is 41.3 Å². The van der Waals surface area contributed by atoms with Gasteiger partial charge < -0.3 is 35.6 Å². The number of nitrogens with two attached hydrogens (primary N) is 1. The summed E-state index contributed by atoms with van der Waals surface area (Å²) in [5.74, 6) is -6.69. The molecule has 1 aromatic heterocycles. The molecule has 1 aromatic carbocycles. The number of hydrogen-bond donors (Lipinski definition) is 5. The molecule has 12 nitrogen and oxygen atoms in total. The molecule has 4 atom stereocenters. The molecule has 12 heteroatoms. The summed E-state index contributed by atoms with van der Waals surface area (Å²) >= 11 is 0. The zero-order valence-corrected chi connectivity index (χ0v) is 25.5. The number of fused-ring (bicyclic) bond motifs is 3. The number of hydrogen-bond acceptors (Lipinski definition) is 10. The number of amides is 1. The number of phenols is 1. The highest BCUT2D eigenvalue weighted by atomic mass is 16.3. The topological polar surface area (TPSA) is 182 Å². The maximum absolute atomic E-state index is 14.2. The molecule has 230 valence electrons. The van der Waals surface area contributed by atoms with Crippen molar-refractivity contribution in [3.63, 3.8) is 0 Å². The Bertz CT molecular complexity index is 1630. The summed E-state index contributed by atoms with van der Waals surface area (Å²) in [6.07, 6.45) is 3.79. The fourth-order valence-corrected chi connectivity index (χ4v) is 6.90. The molecule has 0 fully saturated rings. The van der Waals surface area contributed by atoms with Crippen LogP contribution in [0.2, 0.25) is 0 Å². The zero-order valence-electron chi connectivity index (χ0n) is 25.5. The molecule has 0 bridgehead atoms. The van der Waals surface area contributed by atoms with Gasteiger partial charge in [-0.3, -0.25) is 19.3 Å². The number of benzene rings is 1. The Labute approximate surface area is 249 Å². The van der Waals surface area contributed by atoms with Gasteiger partial charge in [-0.05, 0) is 44.5 Å². The van der Waals surface area contributed by atoms with E-state index in [0.29, 0.717) is 16.8 Å². The first-order valence-corrected chi connectivity index (χ1v) is 14.1. The quantitative estimate of drug-likeness (QED) is 0.320. The Kier molecular flexibility index (Phi) is 7.01. The second kappa shape index (κ2) is 9.95. The van der Waals surface area contributed by atoms with Crippen LogP contribution in [-0.4, -0.2) is 92.2 Å². The van der Waals surface area contributed by atoms with Gasteiger partial charge in [0.2, 0.25) is 5.78 Å². The molecule has 0 aliphatic heterocycles. The lowest BCUT2D eigenvalue weighted by Crippen LogP contribution is -2.63. The van der Waals surface area contributed by atoms with Gasteiger partial charge in [0.15, 0.2) is 11.4 Å². The van der Waals surface area contributed by atoms with Gasteiger partial charge in [-0.1, -0.05) is 20.8 Å². The van der Waals surface area contributed by atoms with Crippen molar-refractivity contribution in [1.82, 2.24) is 14.5 Å². The Morgan fingerprint density at radius 1 is 1.16 bits per heavy atom. The van der Waals surface area contributed by atoms with Crippen molar-refractivity contribution in [2.75, 3.05) is 33.1 Å². The molecule has 1 heterocycles. The molecule has 3 aliphatic carbocycles. The number of rotatable bonds is 5. The zero-order chi connectivity index (χ0) is 31.9. The summed E-state index contributed by atoms with van der Waals surface area (Å²) in [5, 5.41) is 45.9. The SMILES string of the molecule is CN(C)c1cc(Cn2cnc(C(C)(C)C)c2)c(O)c2c1C[C@H]1C[C@H]3C(N(C)C)C(O)=C(C(N)=O)C(=O)[C@@]3(O)C(O)=C1C2=O. The number of ketones is 2. The first-order chi connectivity index (χ1) is 19.9. The van der Waals surface area contributed by atoms with Crippen molar-refractivity contribution in [3.8, 4) is 5.75 Å². The van der Waals surface area contributed by atoms with Crippen LogP contribution in [-0.2, 0) is 28.0 Å². The minimum atomic E-state index is -2.68. The predicted molar refractivity (Wildman–Crippen MR) is 158 cm³/mol. The van der Waals surface area contributed by atoms with Gasteiger partial charge in [0.25, 0.3) is 5.91 Å². The molecule has 1 amide bonds. The van der Waals surface area contributed by atoms with E-state index in [1.807, 2.05) is 56.6 Å². The maximum atomic E-state index is 14.2. The highest BCUT2D eigenvalue weighted by Gasteiger charge is 2.63. The van der Waals surface area contributed by atoms with E-state index in [4.69, 9.17) is 5.73 Å². The number of anilines is 1. The van der Waals surface area contributed by atoms with Gasteiger partial charge in [0.05, 0.1) is 30.2 Å². The summed E-state index contributed by atoms with van der Waals surface area (Å²) < 4.78 is 1.81. The number of nitrogens with zero attached hydrogens (tertiary/aromatic N) is 4. The summed E-state index contributed by atoms with van der Waals surface area (Å²) in [6, 6.07) is 0.787. The lowest BCUT2D eigenvalue weighted by Gasteiger charge is -2.50. The summed E-state index contributed by atoms with van der Waals surface area (Å²) in [6.45, 7) is 6.34. The van der Waals surface area contributed by atoms with Crippen LogP contribution in [0.25, 0.3) is 0 Å². The van der Waals surface area contributed by atoms with E-state index >= 15 is 0 Å². The van der Waals surface area contributed by atoms with Crippen molar-refractivity contribution < 1.29 is 34.8 Å². The van der Waals surface area contributed by atoms with Gasteiger partial charge in [-0.25, -0.2) is 4.98 Å². The van der Waals surface area contributed by atoms with E-state index in [1.165, 1.54) is 4.90 Å². The first-order valence-electron chi connectivity index (χ1n) is 14.1. The molecule has 43 heavy (non-hydrogen) atoms. The molecular weight excluding hydrogens is 554 g/mol. The number of allylic oxidation sites excluding steroid dienone is 1. The van der Waals surface area contributed by atoms with Gasteiger partial charge in [0, 0.05) is 48.4 Å². The lowest BCUT2D eigenvalue weighted by atomic mass is 9.58. The van der Waals surface area contributed by atoms with Crippen molar-refractivity contribution in [2.45, 2.75) is 57.2 Å². The second-order valence-electron chi connectivity index (χ2n) is 13.3. The lowest BCUT2D eigenvalue weighted by molar-refractivity contribution is -0.148. The van der Waals surface area contributed by atoms with Crippen LogP contribution in [0.5, 0.6) is 5.75 Å². The highest BCUT2D eigenvalue weighted by molar-refractivity contribution is 6.25. The number of imidazole rings is 1. The second-order valence-corrected chi connectivity index (χ2v) is 13.3. The number of carbonyl (C=O) groups is 3. The number of carbonyl (C=O) groups excluding carboxylic acids is 3. The van der Waals surface area contributed by atoms with Gasteiger partial charge >= 0.3 is 0 Å². The maximum Gasteiger partial charge on any atom is 0.255 e. The smallest absolute Gasteiger partial charge is 0.255 e. The number of aromatic nitrogens is 2. The minimum absolute atomic E-state index is 0.0156. The van der Waals surface area contributed by atoms with Gasteiger partial charge in [-0.2, -0.15) is 0 Å². The molecule has 5 rings (SSSR count). The average Bonchev–Trinajstić information content (AvgIpc) is 3.36. The predicted octanol–water partition coefficient (Wildman–Crippen LogP) is 1.73. The average molecular weight is 594 g/mol. The number of aromatic hydroxyl groups is 1. The molecule has 1 unspecified atom stereocenters. The van der Waals surface area contributed by atoms with E-state index < -0.39 is 58.0 Å². The molecule has 0 saturated heterocycles. The Morgan fingerprint density at radius 3 is 2.35 bits per heavy atom. The summed E-state index contributed by atoms with van der Waals surface area (Å²) in [4.78, 5) is 47.8. The van der Waals surface area contributed by atoms with Crippen LogP contribution < -0.4 is 10.6 Å². The van der Waals surface area contributed by atoms with E-state index in [-0.39, 0.29) is 41.7 Å². The van der Waals surface area contributed by atoms with E-state index in [1.54, 1.807) is 20.4 Å². The Hall–Kier alpha value is -4.16. The fraction of sp³-hybridized carbons (Fsp3) is 0.484. The third-order valence-electron chi connectivity index (χ3n) is 9.01. The Balaban J connectivity index is 1.67. The summed E-state index contributed by atoms with van der Waals surface area (Å²) in [7, 11) is 6.85. The number of likely N-dealkylation sites (N-methyl/N-ethyl adjacent to an activating group) is 1. The monoisotopic (exact) mass is 593 g/mol. The third-order valence-corrected chi connectivity index (χ3v) is 9.01. The van der Waals surface area contributed by atoms with Crippen LogP contribution in [0, 0.1) is 11.8 Å². The summed E-state index contributed by atoms with van der Waals surface area (Å²) in [5.41, 5.74) is 4.11. The largest absolute Gasteiger partial charge is 0.510 e. The van der Waals surface area contributed by atoms with Crippen LogP contribution in [0.3, 0.4) is 0 Å². The molecule has 0 radical (unpaired) electrons. The normalized spacial score (nSPS) is 25.6. The van der Waals surface area contributed by atoms with E-state index in [9.17, 15) is 34.8 Å². The van der Waals surface area contributed by atoms with Gasteiger partial charge in [0.1, 0.15) is 22.8 Å². The molecule has 0 saturated carbocycles. The molecule has 6 N–H and O–H groups in total. The molecule has 3 aliphatic rings. The first kappa shape index (κ1) is 30.3. The fourth-order valence-electron chi connectivity index (χ4n) is 6.90. The van der Waals surface area contributed by atoms with Crippen molar-refractivity contribution in [1.29, 1.82) is 0 Å². The number of primary amides is 1. The number of Topliss-reactive ketones (excluding diaryl/α,β-unsaturated/α-hetero) is 2. The van der Waals surface area contributed by atoms with Crippen molar-refractivity contribution in [2.24, 2.45) is 17.6 Å². The third kappa shape index (κ3) is 4.42. The van der Waals surface area contributed by atoms with Crippen LogP contribution >= 0.6 is 0 Å². The molecule has 2 aromatic rings. The number of aliphatic hydroxyl groups is 3. The standard InChI is InChI=1S/C31H39N5O7/c1-30(2,3)19-12-36(13-33-19)11-15-10-18(34(4)5)16-8-14-9-17-23(35(6)7)26(39)22(29(32)42)28(41)31(17,43)27(40)20(14)25(38)21(16)24(15)37/h10,12-14,17,23,37,39-40,43H,8-9,11H2,1-7H3,(H2,32,42)/t14-,17-,23?,31-/m0/s1. The van der Waals surface area contributed by atoms with Crippen LogP contribution in [0.4, 0.5) is 5.69 Å². The Morgan fingerprint density at radius 2 is 1.81 bits per heavy atom. The van der Waals surface area contributed by atoms with Gasteiger partial charge in [-0.15, -0.1) is 0 Å². The number of phenolic OH excluding ortho intramolecular Hbond substituents is 1. The van der Waals surface area contributed by atoms with Crippen LogP contribution in [0.1, 0.15) is 54.4 Å². The van der Waals surface area contributed by atoms with Crippen molar-refractivity contribution >= 4 is 23.2 Å². The van der Waals surface area contributed by atoms with E-state index in [0.717, 1.165) is 5.69 Å². The number of aliphatic hydroxyl groups excluding tert-OH is 2.